The first-order valence-corrected chi connectivity index (χ1v) is 6.02. The molecule has 1 atom stereocenters. The van der Waals surface area contributed by atoms with Crippen LogP contribution in [0.2, 0.25) is 0 Å². The lowest BCUT2D eigenvalue weighted by Crippen LogP contribution is -2.17. The average Bonchev–Trinajstić information content (AvgIpc) is 2.22. The van der Waals surface area contributed by atoms with Crippen LogP contribution in [-0.2, 0) is 4.79 Å². The molecule has 1 fully saturated rings. The van der Waals surface area contributed by atoms with Crippen molar-refractivity contribution in [3.05, 3.63) is 35.9 Å². The van der Waals surface area contributed by atoms with Gasteiger partial charge in [0, 0.05) is 0 Å². The van der Waals surface area contributed by atoms with Crippen LogP contribution in [0.4, 0.5) is 0 Å². The SMILES string of the molecule is O=C(O)CC(CC1CCC1)c1ccccc1. The van der Waals surface area contributed by atoms with Gasteiger partial charge in [-0.25, -0.2) is 0 Å². The van der Waals surface area contributed by atoms with E-state index in [2.05, 4.69) is 0 Å². The summed E-state index contributed by atoms with van der Waals surface area (Å²) < 4.78 is 0. The summed E-state index contributed by atoms with van der Waals surface area (Å²) in [7, 11) is 0. The highest BCUT2D eigenvalue weighted by Crippen LogP contribution is 2.37. The Bertz CT molecular complexity index is 341. The Morgan fingerprint density at radius 2 is 2.00 bits per heavy atom. The largest absolute Gasteiger partial charge is 0.481 e. The molecule has 0 amide bonds. The quantitative estimate of drug-likeness (QED) is 0.822. The topological polar surface area (TPSA) is 37.3 Å². The van der Waals surface area contributed by atoms with Gasteiger partial charge in [0.05, 0.1) is 6.42 Å². The van der Waals surface area contributed by atoms with Crippen molar-refractivity contribution in [2.75, 3.05) is 0 Å². The third kappa shape index (κ3) is 2.84. The van der Waals surface area contributed by atoms with Crippen molar-refractivity contribution in [1.29, 1.82) is 0 Å². The fraction of sp³-hybridized carbons (Fsp3) is 0.500. The average molecular weight is 218 g/mol. The summed E-state index contributed by atoms with van der Waals surface area (Å²) in [5, 5.41) is 8.95. The van der Waals surface area contributed by atoms with Crippen molar-refractivity contribution in [3.8, 4) is 0 Å². The number of rotatable bonds is 5. The second-order valence-electron chi connectivity index (χ2n) is 4.74. The molecule has 0 aromatic heterocycles. The van der Waals surface area contributed by atoms with Crippen molar-refractivity contribution in [2.45, 2.75) is 38.0 Å². The molecule has 1 aromatic rings. The van der Waals surface area contributed by atoms with E-state index in [1.165, 1.54) is 24.8 Å². The highest BCUT2D eigenvalue weighted by molar-refractivity contribution is 5.68. The molecule has 0 heterocycles. The van der Waals surface area contributed by atoms with Crippen LogP contribution in [0, 0.1) is 5.92 Å². The Balaban J connectivity index is 2.04. The first kappa shape index (κ1) is 11.2. The lowest BCUT2D eigenvalue weighted by molar-refractivity contribution is -0.137. The van der Waals surface area contributed by atoms with Crippen LogP contribution in [-0.4, -0.2) is 11.1 Å². The van der Waals surface area contributed by atoms with Crippen LogP contribution in [0.5, 0.6) is 0 Å². The van der Waals surface area contributed by atoms with Gasteiger partial charge in [0.1, 0.15) is 0 Å². The van der Waals surface area contributed by atoms with Crippen LogP contribution in [0.3, 0.4) is 0 Å². The summed E-state index contributed by atoms with van der Waals surface area (Å²) >= 11 is 0. The predicted molar refractivity (Wildman–Crippen MR) is 63.4 cm³/mol. The van der Waals surface area contributed by atoms with E-state index in [0.29, 0.717) is 0 Å². The zero-order valence-corrected chi connectivity index (χ0v) is 9.43. The molecule has 0 saturated heterocycles. The van der Waals surface area contributed by atoms with Crippen LogP contribution in [0.15, 0.2) is 30.3 Å². The van der Waals surface area contributed by atoms with Gasteiger partial charge in [-0.15, -0.1) is 0 Å². The lowest BCUT2D eigenvalue weighted by Gasteiger charge is -2.29. The molecule has 86 valence electrons. The summed E-state index contributed by atoms with van der Waals surface area (Å²) in [6.07, 6.45) is 5.18. The molecule has 2 rings (SSSR count). The molecule has 1 saturated carbocycles. The van der Waals surface area contributed by atoms with E-state index in [-0.39, 0.29) is 12.3 Å². The Kier molecular flexibility index (Phi) is 3.60. The maximum atomic E-state index is 10.9. The standard InChI is InChI=1S/C14H18O2/c15-14(16)10-13(9-11-5-4-6-11)12-7-2-1-3-8-12/h1-3,7-8,11,13H,4-6,9-10H2,(H,15,16). The molecular weight excluding hydrogens is 200 g/mol. The van der Waals surface area contributed by atoms with Crippen LogP contribution in [0.1, 0.15) is 43.6 Å². The summed E-state index contributed by atoms with van der Waals surface area (Å²) in [4.78, 5) is 10.9. The number of carbonyl (C=O) groups is 1. The van der Waals surface area contributed by atoms with Gasteiger partial charge < -0.3 is 5.11 Å². The fourth-order valence-corrected chi connectivity index (χ4v) is 2.40. The highest BCUT2D eigenvalue weighted by atomic mass is 16.4. The van der Waals surface area contributed by atoms with Crippen molar-refractivity contribution >= 4 is 5.97 Å². The maximum absolute atomic E-state index is 10.9. The number of carboxylic acid groups (broad SMARTS) is 1. The first-order valence-electron chi connectivity index (χ1n) is 6.02. The molecule has 1 N–H and O–H groups in total. The molecule has 1 aliphatic carbocycles. The van der Waals surface area contributed by atoms with Crippen LogP contribution >= 0.6 is 0 Å². The maximum Gasteiger partial charge on any atom is 0.303 e. The molecule has 0 bridgehead atoms. The molecule has 2 heteroatoms. The highest BCUT2D eigenvalue weighted by Gasteiger charge is 2.24. The zero-order chi connectivity index (χ0) is 11.4. The molecule has 1 unspecified atom stereocenters. The summed E-state index contributed by atoms with van der Waals surface area (Å²) in [5.74, 6) is 0.265. The van der Waals surface area contributed by atoms with Crippen molar-refractivity contribution in [3.63, 3.8) is 0 Å². The molecule has 2 nitrogen and oxygen atoms in total. The number of carboxylic acids is 1. The summed E-state index contributed by atoms with van der Waals surface area (Å²) in [5.41, 5.74) is 1.18. The molecule has 1 aliphatic rings. The van der Waals surface area contributed by atoms with Crippen molar-refractivity contribution < 1.29 is 9.90 Å². The Morgan fingerprint density at radius 1 is 1.31 bits per heavy atom. The summed E-state index contributed by atoms with van der Waals surface area (Å²) in [6, 6.07) is 10.1. The lowest BCUT2D eigenvalue weighted by atomic mass is 9.76. The number of benzene rings is 1. The van der Waals surface area contributed by atoms with E-state index in [4.69, 9.17) is 5.11 Å². The van der Waals surface area contributed by atoms with Gasteiger partial charge in [0.15, 0.2) is 0 Å². The van der Waals surface area contributed by atoms with E-state index in [1.807, 2.05) is 30.3 Å². The number of hydrogen-bond donors (Lipinski definition) is 1. The molecule has 0 radical (unpaired) electrons. The molecule has 0 aliphatic heterocycles. The zero-order valence-electron chi connectivity index (χ0n) is 9.43. The smallest absolute Gasteiger partial charge is 0.303 e. The third-order valence-electron chi connectivity index (χ3n) is 3.53. The van der Waals surface area contributed by atoms with Crippen molar-refractivity contribution in [2.24, 2.45) is 5.92 Å². The van der Waals surface area contributed by atoms with Gasteiger partial charge >= 0.3 is 5.97 Å². The molecule has 1 aromatic carbocycles. The Hall–Kier alpha value is -1.31. The molecule has 0 spiro atoms. The van der Waals surface area contributed by atoms with Gasteiger partial charge in [0.2, 0.25) is 0 Å². The van der Waals surface area contributed by atoms with E-state index >= 15 is 0 Å². The van der Waals surface area contributed by atoms with Crippen LogP contribution < -0.4 is 0 Å². The number of aliphatic carboxylic acids is 1. The van der Waals surface area contributed by atoms with E-state index in [9.17, 15) is 4.79 Å². The van der Waals surface area contributed by atoms with E-state index < -0.39 is 5.97 Å². The predicted octanol–water partition coefficient (Wildman–Crippen LogP) is 3.44. The van der Waals surface area contributed by atoms with E-state index in [1.54, 1.807) is 0 Å². The van der Waals surface area contributed by atoms with E-state index in [0.717, 1.165) is 12.3 Å². The van der Waals surface area contributed by atoms with Gasteiger partial charge in [-0.05, 0) is 23.8 Å². The third-order valence-corrected chi connectivity index (χ3v) is 3.53. The minimum Gasteiger partial charge on any atom is -0.481 e. The minimum absolute atomic E-state index is 0.198. The molecule has 16 heavy (non-hydrogen) atoms. The van der Waals surface area contributed by atoms with Gasteiger partial charge in [-0.2, -0.15) is 0 Å². The van der Waals surface area contributed by atoms with Crippen LogP contribution in [0.25, 0.3) is 0 Å². The normalized spacial score (nSPS) is 17.8. The second-order valence-corrected chi connectivity index (χ2v) is 4.74. The molecular formula is C14H18O2. The monoisotopic (exact) mass is 218 g/mol. The fourth-order valence-electron chi connectivity index (χ4n) is 2.40. The summed E-state index contributed by atoms with van der Waals surface area (Å²) in [6.45, 7) is 0. The number of hydrogen-bond acceptors (Lipinski definition) is 1. The Labute approximate surface area is 96.3 Å². The van der Waals surface area contributed by atoms with Gasteiger partial charge in [-0.3, -0.25) is 4.79 Å². The van der Waals surface area contributed by atoms with Gasteiger partial charge in [-0.1, -0.05) is 49.6 Å². The van der Waals surface area contributed by atoms with Gasteiger partial charge in [0.25, 0.3) is 0 Å². The Morgan fingerprint density at radius 3 is 2.50 bits per heavy atom. The second kappa shape index (κ2) is 5.15. The van der Waals surface area contributed by atoms with Crippen molar-refractivity contribution in [1.82, 2.24) is 0 Å². The first-order chi connectivity index (χ1) is 7.75. The minimum atomic E-state index is -0.687.